The first-order valence-corrected chi connectivity index (χ1v) is 11.9. The van der Waals surface area contributed by atoms with E-state index in [2.05, 4.69) is 5.32 Å². The maximum atomic E-state index is 13.0. The molecule has 0 spiro atoms. The molecule has 0 bridgehead atoms. The van der Waals surface area contributed by atoms with Crippen molar-refractivity contribution in [3.63, 3.8) is 0 Å². The molecule has 0 saturated carbocycles. The number of hydrogen-bond donors (Lipinski definition) is 1. The molecule has 2 aromatic rings. The Bertz CT molecular complexity index is 925. The van der Waals surface area contributed by atoms with Gasteiger partial charge in [-0.15, -0.1) is 0 Å². The van der Waals surface area contributed by atoms with E-state index in [1.54, 1.807) is 55.5 Å². The van der Waals surface area contributed by atoms with Gasteiger partial charge in [-0.05, 0) is 70.5 Å². The summed E-state index contributed by atoms with van der Waals surface area (Å²) in [7, 11) is -3.66. The van der Waals surface area contributed by atoms with Crippen LogP contribution in [0.2, 0.25) is 0 Å². The van der Waals surface area contributed by atoms with Crippen LogP contribution in [-0.2, 0) is 19.6 Å². The summed E-state index contributed by atoms with van der Waals surface area (Å²) in [6.45, 7) is 8.93. The number of sulfonamides is 1. The lowest BCUT2D eigenvalue weighted by Crippen LogP contribution is -2.31. The Hall–Kier alpha value is -2.58. The van der Waals surface area contributed by atoms with Crippen LogP contribution >= 0.6 is 0 Å². The molecule has 0 aliphatic carbocycles. The van der Waals surface area contributed by atoms with Crippen LogP contribution in [0.5, 0.6) is 5.75 Å². The number of carbonyl (C=O) groups is 1. The van der Waals surface area contributed by atoms with Gasteiger partial charge in [-0.3, -0.25) is 9.10 Å². The van der Waals surface area contributed by atoms with Gasteiger partial charge < -0.3 is 14.8 Å². The Morgan fingerprint density at radius 1 is 1.06 bits per heavy atom. The number of anilines is 1. The summed E-state index contributed by atoms with van der Waals surface area (Å²) in [5, 5.41) is 2.78. The van der Waals surface area contributed by atoms with E-state index in [0.29, 0.717) is 31.1 Å². The maximum Gasteiger partial charge on any atom is 0.264 e. The third kappa shape index (κ3) is 7.56. The summed E-state index contributed by atoms with van der Waals surface area (Å²) in [4.78, 5) is 12.1. The number of rotatable bonds is 12. The van der Waals surface area contributed by atoms with Gasteiger partial charge in [0.05, 0.1) is 16.7 Å². The lowest BCUT2D eigenvalue weighted by atomic mass is 10.2. The molecule has 0 fully saturated rings. The van der Waals surface area contributed by atoms with Crippen LogP contribution < -0.4 is 14.4 Å². The Morgan fingerprint density at radius 2 is 1.71 bits per heavy atom. The first kappa shape index (κ1) is 24.7. The van der Waals surface area contributed by atoms with Crippen LogP contribution in [0.1, 0.15) is 32.8 Å². The van der Waals surface area contributed by atoms with E-state index in [-0.39, 0.29) is 23.5 Å². The number of aryl methyl sites for hydroxylation is 1. The maximum absolute atomic E-state index is 13.0. The van der Waals surface area contributed by atoms with E-state index in [0.717, 1.165) is 12.0 Å². The summed E-state index contributed by atoms with van der Waals surface area (Å²) >= 11 is 0. The van der Waals surface area contributed by atoms with E-state index >= 15 is 0 Å². The highest BCUT2D eigenvalue weighted by molar-refractivity contribution is 7.92. The zero-order valence-electron chi connectivity index (χ0n) is 18.6. The van der Waals surface area contributed by atoms with Gasteiger partial charge in [0.2, 0.25) is 0 Å². The van der Waals surface area contributed by atoms with Crippen molar-refractivity contribution in [1.29, 1.82) is 0 Å². The quantitative estimate of drug-likeness (QED) is 0.502. The third-order valence-electron chi connectivity index (χ3n) is 4.49. The average Bonchev–Trinajstić information content (AvgIpc) is 2.73. The highest BCUT2D eigenvalue weighted by Gasteiger charge is 2.23. The van der Waals surface area contributed by atoms with E-state index in [4.69, 9.17) is 9.47 Å². The molecule has 8 heteroatoms. The van der Waals surface area contributed by atoms with Crippen LogP contribution in [0.15, 0.2) is 53.4 Å². The summed E-state index contributed by atoms with van der Waals surface area (Å²) in [6.07, 6.45) is 0.915. The van der Waals surface area contributed by atoms with Crippen molar-refractivity contribution in [3.05, 3.63) is 54.1 Å². The van der Waals surface area contributed by atoms with Gasteiger partial charge in [-0.1, -0.05) is 17.7 Å². The van der Waals surface area contributed by atoms with E-state index in [9.17, 15) is 13.2 Å². The molecule has 2 aromatic carbocycles. The third-order valence-corrected chi connectivity index (χ3v) is 6.40. The fourth-order valence-electron chi connectivity index (χ4n) is 2.86. The Balaban J connectivity index is 1.91. The summed E-state index contributed by atoms with van der Waals surface area (Å²) in [6, 6.07) is 13.4. The van der Waals surface area contributed by atoms with Crippen molar-refractivity contribution in [2.75, 3.05) is 30.6 Å². The van der Waals surface area contributed by atoms with Gasteiger partial charge in [-0.2, -0.15) is 0 Å². The number of hydrogen-bond acceptors (Lipinski definition) is 5. The van der Waals surface area contributed by atoms with Crippen molar-refractivity contribution in [1.82, 2.24) is 5.32 Å². The number of benzene rings is 2. The van der Waals surface area contributed by atoms with E-state index in [1.807, 2.05) is 20.8 Å². The second-order valence-corrected chi connectivity index (χ2v) is 9.25. The molecule has 0 radical (unpaired) electrons. The van der Waals surface area contributed by atoms with Gasteiger partial charge in [0, 0.05) is 19.7 Å². The molecular formula is C23H32N2O5S. The molecule has 1 N–H and O–H groups in total. The van der Waals surface area contributed by atoms with Crippen LogP contribution in [0.25, 0.3) is 0 Å². The molecule has 1 amide bonds. The van der Waals surface area contributed by atoms with Crippen LogP contribution in [-0.4, -0.2) is 46.7 Å². The second-order valence-electron chi connectivity index (χ2n) is 7.39. The van der Waals surface area contributed by atoms with Gasteiger partial charge in [-0.25, -0.2) is 8.42 Å². The smallest absolute Gasteiger partial charge is 0.264 e. The van der Waals surface area contributed by atoms with Crippen molar-refractivity contribution in [2.24, 2.45) is 0 Å². The van der Waals surface area contributed by atoms with Crippen molar-refractivity contribution < 1.29 is 22.7 Å². The number of nitrogens with zero attached hydrogens (tertiary/aromatic N) is 1. The standard InChI is InChI=1S/C23H32N2O5S/c1-5-25(31(27,28)22-13-7-19(4)8-14-22)20-9-11-21(12-10-20)30-17-23(26)24-15-6-16-29-18(2)3/h7-14,18H,5-6,15-17H2,1-4H3,(H,24,26). The number of nitrogens with one attached hydrogen (secondary N) is 1. The molecule has 170 valence electrons. The zero-order chi connectivity index (χ0) is 22.9. The summed E-state index contributed by atoms with van der Waals surface area (Å²) in [5.41, 5.74) is 1.53. The molecule has 0 atom stereocenters. The van der Waals surface area contributed by atoms with Gasteiger partial charge in [0.15, 0.2) is 6.61 Å². The predicted octanol–water partition coefficient (Wildman–Crippen LogP) is 3.52. The Kier molecular flexibility index (Phi) is 9.33. The minimum Gasteiger partial charge on any atom is -0.484 e. The summed E-state index contributed by atoms with van der Waals surface area (Å²) < 4.78 is 38.2. The minimum atomic E-state index is -3.66. The van der Waals surface area contributed by atoms with Crippen molar-refractivity contribution in [2.45, 2.75) is 45.1 Å². The predicted molar refractivity (Wildman–Crippen MR) is 122 cm³/mol. The van der Waals surface area contributed by atoms with Gasteiger partial charge in [0.25, 0.3) is 15.9 Å². The van der Waals surface area contributed by atoms with Crippen LogP contribution in [0, 0.1) is 6.92 Å². The zero-order valence-corrected chi connectivity index (χ0v) is 19.4. The molecule has 2 rings (SSSR count). The fraction of sp³-hybridized carbons (Fsp3) is 0.435. The first-order valence-electron chi connectivity index (χ1n) is 10.4. The molecule has 0 saturated heterocycles. The number of amides is 1. The van der Waals surface area contributed by atoms with E-state index < -0.39 is 10.0 Å². The first-order chi connectivity index (χ1) is 14.7. The van der Waals surface area contributed by atoms with Crippen molar-refractivity contribution >= 4 is 21.6 Å². The summed E-state index contributed by atoms with van der Waals surface area (Å²) in [5.74, 6) is 0.275. The molecule has 0 heterocycles. The molecule has 0 aliphatic heterocycles. The molecule has 7 nitrogen and oxygen atoms in total. The van der Waals surface area contributed by atoms with E-state index in [1.165, 1.54) is 4.31 Å². The topological polar surface area (TPSA) is 84.9 Å². The Labute approximate surface area is 185 Å². The largest absolute Gasteiger partial charge is 0.484 e. The fourth-order valence-corrected chi connectivity index (χ4v) is 4.33. The SMILES string of the molecule is CCN(c1ccc(OCC(=O)NCCCOC(C)C)cc1)S(=O)(=O)c1ccc(C)cc1. The minimum absolute atomic E-state index is 0.108. The lowest BCUT2D eigenvalue weighted by Gasteiger charge is -2.23. The number of carbonyl (C=O) groups excluding carboxylic acids is 1. The normalized spacial score (nSPS) is 11.4. The molecule has 0 aromatic heterocycles. The molecule has 0 unspecified atom stereocenters. The Morgan fingerprint density at radius 3 is 2.29 bits per heavy atom. The van der Waals surface area contributed by atoms with Gasteiger partial charge in [0.1, 0.15) is 5.75 Å². The van der Waals surface area contributed by atoms with Crippen molar-refractivity contribution in [3.8, 4) is 5.75 Å². The van der Waals surface area contributed by atoms with Crippen LogP contribution in [0.3, 0.4) is 0 Å². The van der Waals surface area contributed by atoms with Crippen LogP contribution in [0.4, 0.5) is 5.69 Å². The second kappa shape index (κ2) is 11.7. The highest BCUT2D eigenvalue weighted by atomic mass is 32.2. The number of ether oxygens (including phenoxy) is 2. The lowest BCUT2D eigenvalue weighted by molar-refractivity contribution is -0.123. The molecular weight excluding hydrogens is 416 g/mol. The molecule has 31 heavy (non-hydrogen) atoms. The average molecular weight is 449 g/mol. The van der Waals surface area contributed by atoms with Gasteiger partial charge >= 0.3 is 0 Å². The highest BCUT2D eigenvalue weighted by Crippen LogP contribution is 2.25. The molecule has 0 aliphatic rings. The monoisotopic (exact) mass is 448 g/mol.